The number of aliphatic carboxylic acids is 1. The smallest absolute Gasteiger partial charge is 0.307 e. The van der Waals surface area contributed by atoms with Crippen LogP contribution in [0.15, 0.2) is 17.0 Å². The van der Waals surface area contributed by atoms with E-state index in [1.165, 1.54) is 0 Å². The lowest BCUT2D eigenvalue weighted by molar-refractivity contribution is -0.384. The van der Waals surface area contributed by atoms with Gasteiger partial charge in [-0.1, -0.05) is 23.2 Å². The molecule has 116 valence electrons. The predicted octanol–water partition coefficient (Wildman–Crippen LogP) is 2.04. The van der Waals surface area contributed by atoms with Gasteiger partial charge in [0, 0.05) is 13.0 Å². The second-order valence-corrected chi connectivity index (χ2v) is 6.38. The summed E-state index contributed by atoms with van der Waals surface area (Å²) in [6, 6.07) is 2.09. The van der Waals surface area contributed by atoms with Crippen molar-refractivity contribution in [1.29, 1.82) is 0 Å². The van der Waals surface area contributed by atoms with Gasteiger partial charge in [0.05, 0.1) is 4.92 Å². The van der Waals surface area contributed by atoms with E-state index >= 15 is 0 Å². The number of hydrogen-bond donors (Lipinski definition) is 2. The first-order valence-electron chi connectivity index (χ1n) is 5.50. The fourth-order valence-corrected chi connectivity index (χ4v) is 3.38. The monoisotopic (exact) mass is 356 g/mol. The molecule has 0 atom stereocenters. The van der Waals surface area contributed by atoms with Crippen molar-refractivity contribution in [3.63, 3.8) is 0 Å². The maximum absolute atomic E-state index is 12.0. The molecule has 2 N–H and O–H groups in total. The first-order valence-corrected chi connectivity index (χ1v) is 7.74. The SMILES string of the molecule is O=C(O)CCCNS(=O)(=O)c1ccc(Cl)c([N+](=O)[O-])c1Cl. The molecule has 1 aromatic carbocycles. The van der Waals surface area contributed by atoms with Crippen molar-refractivity contribution >= 4 is 44.9 Å². The summed E-state index contributed by atoms with van der Waals surface area (Å²) in [5, 5.41) is 18.4. The lowest BCUT2D eigenvalue weighted by atomic mass is 10.3. The van der Waals surface area contributed by atoms with Gasteiger partial charge in [-0.15, -0.1) is 0 Å². The van der Waals surface area contributed by atoms with Gasteiger partial charge < -0.3 is 5.11 Å². The van der Waals surface area contributed by atoms with Gasteiger partial charge in [0.15, 0.2) is 0 Å². The molecule has 1 rings (SSSR count). The molecule has 0 aliphatic heterocycles. The van der Waals surface area contributed by atoms with Crippen LogP contribution in [0.4, 0.5) is 5.69 Å². The molecular formula is C10H10Cl2N2O6S. The summed E-state index contributed by atoms with van der Waals surface area (Å²) in [7, 11) is -4.10. The number of carboxylic acids is 1. The number of nitrogens with zero attached hydrogens (tertiary/aromatic N) is 1. The Bertz CT molecular complexity index is 676. The topological polar surface area (TPSA) is 127 Å². The maximum Gasteiger partial charge on any atom is 0.307 e. The highest BCUT2D eigenvalue weighted by molar-refractivity contribution is 7.89. The molecule has 0 aromatic heterocycles. The van der Waals surface area contributed by atoms with Crippen LogP contribution in [0.2, 0.25) is 10.0 Å². The predicted molar refractivity (Wildman–Crippen MR) is 75.2 cm³/mol. The third kappa shape index (κ3) is 4.53. The van der Waals surface area contributed by atoms with Gasteiger partial charge in [-0.25, -0.2) is 13.1 Å². The Morgan fingerprint density at radius 1 is 1.38 bits per heavy atom. The number of benzene rings is 1. The minimum Gasteiger partial charge on any atom is -0.481 e. The molecule has 0 fully saturated rings. The summed E-state index contributed by atoms with van der Waals surface area (Å²) < 4.78 is 26.1. The van der Waals surface area contributed by atoms with Crippen LogP contribution in [0.1, 0.15) is 12.8 Å². The van der Waals surface area contributed by atoms with Crippen LogP contribution < -0.4 is 4.72 Å². The van der Waals surface area contributed by atoms with Crippen molar-refractivity contribution in [3.8, 4) is 0 Å². The average Bonchev–Trinajstić information content (AvgIpc) is 2.33. The number of sulfonamides is 1. The van der Waals surface area contributed by atoms with Gasteiger partial charge in [0.2, 0.25) is 10.0 Å². The number of carboxylic acid groups (broad SMARTS) is 1. The number of carbonyl (C=O) groups is 1. The zero-order valence-electron chi connectivity index (χ0n) is 10.4. The van der Waals surface area contributed by atoms with Crippen LogP contribution in [0.3, 0.4) is 0 Å². The molecule has 0 bridgehead atoms. The molecule has 0 aliphatic carbocycles. The number of nitro benzene ring substituents is 1. The summed E-state index contributed by atoms with van der Waals surface area (Å²) in [6.07, 6.45) is -0.140. The molecule has 0 aliphatic rings. The molecule has 11 heteroatoms. The number of nitrogens with one attached hydrogen (secondary N) is 1. The number of hydrogen-bond acceptors (Lipinski definition) is 5. The van der Waals surface area contributed by atoms with E-state index in [9.17, 15) is 23.3 Å². The summed E-state index contributed by atoms with van der Waals surface area (Å²) >= 11 is 11.3. The molecule has 0 amide bonds. The lowest BCUT2D eigenvalue weighted by Crippen LogP contribution is -2.25. The lowest BCUT2D eigenvalue weighted by Gasteiger charge is -2.08. The summed E-state index contributed by atoms with van der Waals surface area (Å²) in [5.74, 6) is -1.06. The van der Waals surface area contributed by atoms with Crippen molar-refractivity contribution in [2.75, 3.05) is 6.54 Å². The standard InChI is InChI=1S/C10H10Cl2N2O6S/c11-6-3-4-7(9(12)10(6)14(17)18)21(19,20)13-5-1-2-8(15)16/h3-4,13H,1-2,5H2,(H,15,16). The highest BCUT2D eigenvalue weighted by Crippen LogP contribution is 2.36. The van der Waals surface area contributed by atoms with Crippen molar-refractivity contribution in [1.82, 2.24) is 4.72 Å². The summed E-state index contributed by atoms with van der Waals surface area (Å²) in [5.41, 5.74) is -0.702. The van der Waals surface area contributed by atoms with Gasteiger partial charge in [-0.3, -0.25) is 14.9 Å². The Kier molecular flexibility index (Phi) is 5.90. The molecular weight excluding hydrogens is 347 g/mol. The molecule has 0 heterocycles. The van der Waals surface area contributed by atoms with E-state index in [2.05, 4.69) is 4.72 Å². The maximum atomic E-state index is 12.0. The quantitative estimate of drug-likeness (QED) is 0.437. The third-order valence-corrected chi connectivity index (χ3v) is 4.67. The second kappa shape index (κ2) is 7.03. The van der Waals surface area contributed by atoms with Crippen molar-refractivity contribution in [2.24, 2.45) is 0 Å². The highest BCUT2D eigenvalue weighted by atomic mass is 35.5. The Labute approximate surface area is 129 Å². The van der Waals surface area contributed by atoms with Crippen LogP contribution in [0.25, 0.3) is 0 Å². The molecule has 1 aromatic rings. The number of rotatable bonds is 7. The summed E-state index contributed by atoms with van der Waals surface area (Å²) in [6.45, 7) is -0.138. The first kappa shape index (κ1) is 17.6. The molecule has 0 unspecified atom stereocenters. The van der Waals surface area contributed by atoms with Gasteiger partial charge in [0.1, 0.15) is 14.9 Å². The fourth-order valence-electron chi connectivity index (χ4n) is 1.42. The van der Waals surface area contributed by atoms with E-state index in [0.717, 1.165) is 12.1 Å². The average molecular weight is 357 g/mol. The van der Waals surface area contributed by atoms with E-state index in [0.29, 0.717) is 0 Å². The Hall–Kier alpha value is -1.42. The van der Waals surface area contributed by atoms with Crippen LogP contribution in [-0.4, -0.2) is 31.0 Å². The third-order valence-electron chi connectivity index (χ3n) is 2.36. The van der Waals surface area contributed by atoms with Gasteiger partial charge in [0.25, 0.3) is 0 Å². The minimum absolute atomic E-state index is 0.0713. The Morgan fingerprint density at radius 2 is 2.00 bits per heavy atom. The van der Waals surface area contributed by atoms with Gasteiger partial charge >= 0.3 is 11.7 Å². The zero-order valence-corrected chi connectivity index (χ0v) is 12.7. The van der Waals surface area contributed by atoms with Gasteiger partial charge in [-0.2, -0.15) is 0 Å². The number of halogens is 2. The molecule has 8 nitrogen and oxygen atoms in total. The molecule has 0 spiro atoms. The molecule has 21 heavy (non-hydrogen) atoms. The van der Waals surface area contributed by atoms with Gasteiger partial charge in [-0.05, 0) is 18.6 Å². The summed E-state index contributed by atoms with van der Waals surface area (Å²) in [4.78, 5) is 19.8. The highest BCUT2D eigenvalue weighted by Gasteiger charge is 2.27. The van der Waals surface area contributed by atoms with Crippen LogP contribution in [-0.2, 0) is 14.8 Å². The first-order chi connectivity index (χ1) is 9.66. The Morgan fingerprint density at radius 3 is 2.52 bits per heavy atom. The molecule has 0 saturated carbocycles. The molecule has 0 saturated heterocycles. The second-order valence-electron chi connectivity index (χ2n) is 3.86. The van der Waals surface area contributed by atoms with Crippen LogP contribution >= 0.6 is 23.2 Å². The van der Waals surface area contributed by atoms with Crippen LogP contribution in [0.5, 0.6) is 0 Å². The van der Waals surface area contributed by atoms with Crippen molar-refractivity contribution in [2.45, 2.75) is 17.7 Å². The van der Waals surface area contributed by atoms with E-state index in [1.54, 1.807) is 0 Å². The van der Waals surface area contributed by atoms with E-state index in [4.69, 9.17) is 28.3 Å². The van der Waals surface area contributed by atoms with Crippen molar-refractivity contribution in [3.05, 3.63) is 32.3 Å². The Balaban J connectivity index is 3.01. The molecule has 0 radical (unpaired) electrons. The zero-order chi connectivity index (χ0) is 16.2. The van der Waals surface area contributed by atoms with E-state index in [1.807, 2.05) is 0 Å². The van der Waals surface area contributed by atoms with Crippen molar-refractivity contribution < 1.29 is 23.2 Å². The van der Waals surface area contributed by atoms with E-state index in [-0.39, 0.29) is 24.4 Å². The minimum atomic E-state index is -4.10. The van der Waals surface area contributed by atoms with Crippen LogP contribution in [0, 0.1) is 10.1 Å². The fraction of sp³-hybridized carbons (Fsp3) is 0.300. The number of nitro groups is 1. The normalized spacial score (nSPS) is 11.3. The largest absolute Gasteiger partial charge is 0.481 e. The van der Waals surface area contributed by atoms with E-state index < -0.39 is 36.5 Å².